The number of aromatic nitrogens is 2. The summed E-state index contributed by atoms with van der Waals surface area (Å²) >= 11 is 0. The molecule has 25 heavy (non-hydrogen) atoms. The third-order valence-corrected chi connectivity index (χ3v) is 5.55. The molecule has 0 bridgehead atoms. The second-order valence-electron chi connectivity index (χ2n) is 8.22. The summed E-state index contributed by atoms with van der Waals surface area (Å²) in [5, 5.41) is 10.1. The molecule has 0 aromatic carbocycles. The Morgan fingerprint density at radius 1 is 1.28 bits per heavy atom. The van der Waals surface area contributed by atoms with Gasteiger partial charge in [0.15, 0.2) is 5.82 Å². The van der Waals surface area contributed by atoms with E-state index in [9.17, 15) is 4.79 Å². The van der Waals surface area contributed by atoms with Crippen molar-refractivity contribution >= 4 is 6.03 Å². The summed E-state index contributed by atoms with van der Waals surface area (Å²) in [6.45, 7) is 7.13. The van der Waals surface area contributed by atoms with E-state index in [2.05, 4.69) is 39.5 Å². The fourth-order valence-electron chi connectivity index (χ4n) is 3.62. The zero-order valence-corrected chi connectivity index (χ0v) is 15.2. The molecule has 1 aliphatic heterocycles. The molecular formula is C18H29N5O2. The van der Waals surface area contributed by atoms with Crippen LogP contribution < -0.4 is 10.6 Å². The van der Waals surface area contributed by atoms with Crippen LogP contribution in [0.15, 0.2) is 4.52 Å². The molecule has 2 N–H and O–H groups in total. The summed E-state index contributed by atoms with van der Waals surface area (Å²) in [5.41, 5.74) is 0. The zero-order chi connectivity index (χ0) is 17.4. The molecule has 4 rings (SSSR count). The van der Waals surface area contributed by atoms with Crippen LogP contribution in [0.2, 0.25) is 0 Å². The van der Waals surface area contributed by atoms with Crippen molar-refractivity contribution in [3.63, 3.8) is 0 Å². The molecule has 3 aliphatic rings. The first-order valence-corrected chi connectivity index (χ1v) is 9.72. The van der Waals surface area contributed by atoms with E-state index < -0.39 is 0 Å². The van der Waals surface area contributed by atoms with Crippen LogP contribution in [0.4, 0.5) is 4.79 Å². The minimum Gasteiger partial charge on any atom is -0.338 e. The summed E-state index contributed by atoms with van der Waals surface area (Å²) in [4.78, 5) is 19.4. The zero-order valence-electron chi connectivity index (χ0n) is 15.2. The Morgan fingerprint density at radius 3 is 2.76 bits per heavy atom. The summed E-state index contributed by atoms with van der Waals surface area (Å²) in [7, 11) is 0. The Kier molecular flexibility index (Phi) is 4.67. The van der Waals surface area contributed by atoms with Gasteiger partial charge in [0.05, 0.1) is 0 Å². The van der Waals surface area contributed by atoms with Gasteiger partial charge in [-0.2, -0.15) is 4.98 Å². The number of hydrogen-bond donors (Lipinski definition) is 2. The first-order valence-electron chi connectivity index (χ1n) is 9.72. The maximum absolute atomic E-state index is 12.3. The average molecular weight is 347 g/mol. The Balaban J connectivity index is 1.26. The van der Waals surface area contributed by atoms with E-state index in [4.69, 9.17) is 4.52 Å². The first-order chi connectivity index (χ1) is 12.1. The van der Waals surface area contributed by atoms with Crippen LogP contribution >= 0.6 is 0 Å². The monoisotopic (exact) mass is 347 g/mol. The SMILES string of the molecule is CC(C)[C@H](NC(=O)NC[C@H]1CCN(C2CC2)C1)c1nc(C2CC2)no1. The lowest BCUT2D eigenvalue weighted by Crippen LogP contribution is -2.42. The largest absolute Gasteiger partial charge is 0.338 e. The van der Waals surface area contributed by atoms with Crippen LogP contribution in [0.5, 0.6) is 0 Å². The Hall–Kier alpha value is -1.63. The number of carbonyl (C=O) groups excluding carboxylic acids is 1. The van der Waals surface area contributed by atoms with Gasteiger partial charge in [0.2, 0.25) is 5.89 Å². The molecule has 2 aliphatic carbocycles. The summed E-state index contributed by atoms with van der Waals surface area (Å²) < 4.78 is 5.41. The van der Waals surface area contributed by atoms with Crippen LogP contribution in [-0.4, -0.2) is 46.7 Å². The highest BCUT2D eigenvalue weighted by atomic mass is 16.5. The lowest BCUT2D eigenvalue weighted by molar-refractivity contribution is 0.222. The van der Waals surface area contributed by atoms with Crippen molar-refractivity contribution in [1.29, 1.82) is 0 Å². The Bertz CT molecular complexity index is 608. The van der Waals surface area contributed by atoms with Crippen LogP contribution in [0.1, 0.15) is 69.6 Å². The number of amides is 2. The number of hydrogen-bond acceptors (Lipinski definition) is 5. The fourth-order valence-corrected chi connectivity index (χ4v) is 3.62. The van der Waals surface area contributed by atoms with Crippen LogP contribution in [0, 0.1) is 11.8 Å². The second-order valence-corrected chi connectivity index (χ2v) is 8.22. The molecule has 7 heteroatoms. The molecule has 138 valence electrons. The van der Waals surface area contributed by atoms with Crippen LogP contribution in [0.25, 0.3) is 0 Å². The van der Waals surface area contributed by atoms with Gasteiger partial charge in [-0.3, -0.25) is 0 Å². The third-order valence-electron chi connectivity index (χ3n) is 5.55. The maximum Gasteiger partial charge on any atom is 0.315 e. The third kappa shape index (κ3) is 4.14. The molecule has 0 unspecified atom stereocenters. The van der Waals surface area contributed by atoms with Crippen molar-refractivity contribution in [2.24, 2.45) is 11.8 Å². The highest BCUT2D eigenvalue weighted by molar-refractivity contribution is 5.74. The van der Waals surface area contributed by atoms with Gasteiger partial charge in [-0.25, -0.2) is 4.79 Å². The molecule has 1 aromatic rings. The molecule has 1 saturated heterocycles. The number of nitrogens with zero attached hydrogens (tertiary/aromatic N) is 3. The number of rotatable bonds is 7. The summed E-state index contributed by atoms with van der Waals surface area (Å²) in [6, 6.07) is 0.434. The minimum atomic E-state index is -0.244. The minimum absolute atomic E-state index is 0.144. The normalized spacial score (nSPS) is 25.3. The van der Waals surface area contributed by atoms with Gasteiger partial charge in [-0.1, -0.05) is 19.0 Å². The highest BCUT2D eigenvalue weighted by Gasteiger charge is 2.35. The van der Waals surface area contributed by atoms with Crippen molar-refractivity contribution in [3.05, 3.63) is 11.7 Å². The predicted molar refractivity (Wildman–Crippen MR) is 93.1 cm³/mol. The van der Waals surface area contributed by atoms with E-state index in [1.165, 1.54) is 25.8 Å². The van der Waals surface area contributed by atoms with Crippen molar-refractivity contribution in [1.82, 2.24) is 25.7 Å². The van der Waals surface area contributed by atoms with Gasteiger partial charge >= 0.3 is 6.03 Å². The van der Waals surface area contributed by atoms with Crippen molar-refractivity contribution < 1.29 is 9.32 Å². The summed E-state index contributed by atoms with van der Waals surface area (Å²) in [5.74, 6) is 2.52. The molecule has 7 nitrogen and oxygen atoms in total. The molecular weight excluding hydrogens is 318 g/mol. The van der Waals surface area contributed by atoms with Crippen LogP contribution in [-0.2, 0) is 0 Å². The van der Waals surface area contributed by atoms with Crippen molar-refractivity contribution in [2.45, 2.75) is 64.0 Å². The summed E-state index contributed by atoms with van der Waals surface area (Å²) in [6.07, 6.45) is 6.16. The standard InChI is InChI=1S/C18H29N5O2/c1-11(2)15(17-21-16(22-25-17)13-3-4-13)20-18(24)19-9-12-7-8-23(10-12)14-5-6-14/h11-15H,3-10H2,1-2H3,(H2,19,20,24)/t12-,15+/m1/s1. The fraction of sp³-hybridized carbons (Fsp3) is 0.833. The molecule has 2 atom stereocenters. The van der Waals surface area contributed by atoms with E-state index >= 15 is 0 Å². The number of likely N-dealkylation sites (tertiary alicyclic amines) is 1. The van der Waals surface area contributed by atoms with Gasteiger partial charge < -0.3 is 20.1 Å². The van der Waals surface area contributed by atoms with E-state index in [0.29, 0.717) is 17.7 Å². The molecule has 2 amide bonds. The quantitative estimate of drug-likeness (QED) is 0.791. The first kappa shape index (κ1) is 16.8. The number of nitrogens with one attached hydrogen (secondary N) is 2. The van der Waals surface area contributed by atoms with Gasteiger partial charge in [0.1, 0.15) is 6.04 Å². The van der Waals surface area contributed by atoms with Gasteiger partial charge in [0.25, 0.3) is 0 Å². The Labute approximate surface area is 148 Å². The van der Waals surface area contributed by atoms with Gasteiger partial charge in [0, 0.05) is 25.0 Å². The smallest absolute Gasteiger partial charge is 0.315 e. The van der Waals surface area contributed by atoms with E-state index in [1.807, 2.05) is 0 Å². The lowest BCUT2D eigenvalue weighted by atomic mass is 10.0. The number of urea groups is 1. The second kappa shape index (κ2) is 6.94. The highest BCUT2D eigenvalue weighted by Crippen LogP contribution is 2.38. The van der Waals surface area contributed by atoms with Crippen LogP contribution in [0.3, 0.4) is 0 Å². The van der Waals surface area contributed by atoms with Crippen molar-refractivity contribution in [2.75, 3.05) is 19.6 Å². The molecule has 2 heterocycles. The maximum atomic E-state index is 12.3. The van der Waals surface area contributed by atoms with E-state index in [-0.39, 0.29) is 18.0 Å². The molecule has 2 saturated carbocycles. The predicted octanol–water partition coefficient (Wildman–Crippen LogP) is 2.43. The topological polar surface area (TPSA) is 83.3 Å². The van der Waals surface area contributed by atoms with Crippen molar-refractivity contribution in [3.8, 4) is 0 Å². The molecule has 1 aromatic heterocycles. The van der Waals surface area contributed by atoms with Gasteiger partial charge in [-0.05, 0) is 50.5 Å². The molecule has 0 radical (unpaired) electrons. The van der Waals surface area contributed by atoms with Gasteiger partial charge in [-0.15, -0.1) is 0 Å². The lowest BCUT2D eigenvalue weighted by Gasteiger charge is -2.20. The van der Waals surface area contributed by atoms with E-state index in [1.54, 1.807) is 0 Å². The molecule has 3 fully saturated rings. The Morgan fingerprint density at radius 2 is 2.08 bits per heavy atom. The average Bonchev–Trinajstić information content (AvgIpc) is 3.52. The van der Waals surface area contributed by atoms with E-state index in [0.717, 1.165) is 37.8 Å². The molecule has 0 spiro atoms. The number of carbonyl (C=O) groups is 1.